The highest BCUT2D eigenvalue weighted by molar-refractivity contribution is 6.36. The highest BCUT2D eigenvalue weighted by Gasteiger charge is 2.26. The quantitative estimate of drug-likeness (QED) is 0.899. The van der Waals surface area contributed by atoms with E-state index in [1.165, 1.54) is 0 Å². The number of benzene rings is 1. The molecule has 2 aromatic rings. The zero-order valence-corrected chi connectivity index (χ0v) is 13.8. The number of aromatic nitrogens is 2. The number of hydrogen-bond donors (Lipinski definition) is 1. The summed E-state index contributed by atoms with van der Waals surface area (Å²) in [7, 11) is 0. The van der Waals surface area contributed by atoms with Crippen LogP contribution in [0.5, 0.6) is 0 Å². The zero-order chi connectivity index (χ0) is 15.6. The van der Waals surface area contributed by atoms with Gasteiger partial charge in [0.25, 0.3) is 0 Å². The Bertz CT molecular complexity index is 582. The van der Waals surface area contributed by atoms with E-state index in [2.05, 4.69) is 24.0 Å². The van der Waals surface area contributed by atoms with Crippen molar-refractivity contribution in [2.45, 2.75) is 39.2 Å². The van der Waals surface area contributed by atoms with E-state index in [1.54, 1.807) is 18.2 Å². The normalized spacial score (nSPS) is 14.4. The van der Waals surface area contributed by atoms with Crippen LogP contribution >= 0.6 is 23.2 Å². The van der Waals surface area contributed by atoms with Crippen LogP contribution in [0.25, 0.3) is 0 Å². The number of rotatable bonds is 5. The molecule has 21 heavy (non-hydrogen) atoms. The van der Waals surface area contributed by atoms with Crippen molar-refractivity contribution in [1.82, 2.24) is 10.1 Å². The first-order chi connectivity index (χ1) is 9.90. The van der Waals surface area contributed by atoms with Gasteiger partial charge >= 0.3 is 0 Å². The highest BCUT2D eigenvalue weighted by Crippen LogP contribution is 2.28. The minimum absolute atomic E-state index is 0.0352. The van der Waals surface area contributed by atoms with Gasteiger partial charge in [-0.1, -0.05) is 48.3 Å². The van der Waals surface area contributed by atoms with Gasteiger partial charge < -0.3 is 10.3 Å². The number of hydrogen-bond acceptors (Lipinski definition) is 4. The van der Waals surface area contributed by atoms with Crippen LogP contribution in [0.15, 0.2) is 22.7 Å². The molecule has 0 radical (unpaired) electrons. The maximum atomic E-state index is 6.16. The summed E-state index contributed by atoms with van der Waals surface area (Å²) in [5, 5.41) is 5.22. The van der Waals surface area contributed by atoms with Crippen molar-refractivity contribution < 1.29 is 4.52 Å². The monoisotopic (exact) mass is 327 g/mol. The predicted octanol–water partition coefficient (Wildman–Crippen LogP) is 4.05. The minimum Gasteiger partial charge on any atom is -0.339 e. The Morgan fingerprint density at radius 2 is 1.81 bits per heavy atom. The van der Waals surface area contributed by atoms with Crippen LogP contribution in [-0.4, -0.2) is 16.2 Å². The first-order valence-corrected chi connectivity index (χ1v) is 7.66. The summed E-state index contributed by atoms with van der Waals surface area (Å²) in [6.45, 7) is 6.12. The lowest BCUT2D eigenvalue weighted by molar-refractivity contribution is 0.298. The molecular formula is C15H19Cl2N3O. The Kier molecular flexibility index (Phi) is 5.25. The van der Waals surface area contributed by atoms with Crippen molar-refractivity contribution in [3.63, 3.8) is 0 Å². The molecule has 2 unspecified atom stereocenters. The van der Waals surface area contributed by atoms with Crippen molar-refractivity contribution in [2.24, 2.45) is 11.7 Å². The molecule has 0 aliphatic carbocycles. The van der Waals surface area contributed by atoms with E-state index < -0.39 is 0 Å². The molecule has 0 saturated carbocycles. The van der Waals surface area contributed by atoms with Gasteiger partial charge in [0.2, 0.25) is 5.89 Å². The van der Waals surface area contributed by atoms with Crippen LogP contribution in [0.4, 0.5) is 0 Å². The van der Waals surface area contributed by atoms with E-state index in [1.807, 2.05) is 6.92 Å². The number of halogens is 2. The average Bonchev–Trinajstić information content (AvgIpc) is 2.81. The largest absolute Gasteiger partial charge is 0.339 e. The molecule has 0 aliphatic rings. The van der Waals surface area contributed by atoms with Gasteiger partial charge in [-0.2, -0.15) is 4.98 Å². The van der Waals surface area contributed by atoms with Gasteiger partial charge in [-0.3, -0.25) is 0 Å². The molecule has 6 heteroatoms. The maximum Gasteiger partial charge on any atom is 0.231 e. The average molecular weight is 328 g/mol. The smallest absolute Gasteiger partial charge is 0.231 e. The second-order valence-corrected chi connectivity index (χ2v) is 6.37. The fourth-order valence-corrected chi connectivity index (χ4v) is 2.98. The van der Waals surface area contributed by atoms with E-state index in [0.29, 0.717) is 34.1 Å². The first kappa shape index (κ1) is 16.3. The molecule has 1 aromatic heterocycles. The lowest BCUT2D eigenvalue weighted by atomic mass is 9.90. The van der Waals surface area contributed by atoms with Gasteiger partial charge in [0.1, 0.15) is 0 Å². The zero-order valence-electron chi connectivity index (χ0n) is 12.3. The van der Waals surface area contributed by atoms with Crippen molar-refractivity contribution in [3.05, 3.63) is 45.5 Å². The van der Waals surface area contributed by atoms with Gasteiger partial charge in [-0.15, -0.1) is 0 Å². The van der Waals surface area contributed by atoms with Crippen molar-refractivity contribution in [3.8, 4) is 0 Å². The van der Waals surface area contributed by atoms with Gasteiger partial charge in [-0.25, -0.2) is 0 Å². The predicted molar refractivity (Wildman–Crippen MR) is 84.8 cm³/mol. The lowest BCUT2D eigenvalue weighted by Crippen LogP contribution is -2.28. The van der Waals surface area contributed by atoms with E-state index in [9.17, 15) is 0 Å². The Balaban J connectivity index is 2.24. The second kappa shape index (κ2) is 6.77. The first-order valence-electron chi connectivity index (χ1n) is 6.91. The fourth-order valence-electron chi connectivity index (χ4n) is 2.45. The molecule has 114 valence electrons. The Labute approximate surface area is 134 Å². The molecule has 0 spiro atoms. The van der Waals surface area contributed by atoms with Crippen LogP contribution in [0.2, 0.25) is 10.0 Å². The summed E-state index contributed by atoms with van der Waals surface area (Å²) in [5.41, 5.74) is 6.81. The molecular weight excluding hydrogens is 309 g/mol. The summed E-state index contributed by atoms with van der Waals surface area (Å²) in [6.07, 6.45) is 0.436. The molecule has 0 amide bonds. The summed E-state index contributed by atoms with van der Waals surface area (Å²) < 4.78 is 5.37. The molecule has 1 aromatic carbocycles. The maximum absolute atomic E-state index is 6.16. The second-order valence-electron chi connectivity index (χ2n) is 5.55. The van der Waals surface area contributed by atoms with Crippen LogP contribution < -0.4 is 5.73 Å². The van der Waals surface area contributed by atoms with Gasteiger partial charge in [0.05, 0.1) is 5.92 Å². The van der Waals surface area contributed by atoms with Crippen LogP contribution in [0.1, 0.15) is 44.0 Å². The van der Waals surface area contributed by atoms with Gasteiger partial charge in [-0.05, 0) is 30.5 Å². The Morgan fingerprint density at radius 1 is 1.19 bits per heavy atom. The molecule has 2 rings (SSSR count). The van der Waals surface area contributed by atoms with Crippen molar-refractivity contribution in [2.75, 3.05) is 0 Å². The molecule has 0 bridgehead atoms. The Morgan fingerprint density at radius 3 is 2.33 bits per heavy atom. The minimum atomic E-state index is -0.0535. The molecule has 2 N–H and O–H groups in total. The number of nitrogens with zero attached hydrogens (tertiary/aromatic N) is 2. The van der Waals surface area contributed by atoms with Crippen molar-refractivity contribution in [1.29, 1.82) is 0 Å². The van der Waals surface area contributed by atoms with Gasteiger partial charge in [0, 0.05) is 22.5 Å². The SMILES string of the molecule is CC(C)C(c1nc(Cc2c(Cl)cccc2Cl)no1)C(C)N. The topological polar surface area (TPSA) is 64.9 Å². The molecule has 2 atom stereocenters. The number of nitrogens with two attached hydrogens (primary N) is 1. The standard InChI is InChI=1S/C15H19Cl2N3O/c1-8(2)14(9(3)18)15-19-13(20-21-15)7-10-11(16)5-4-6-12(10)17/h4-6,8-9,14H,7,18H2,1-3H3. The summed E-state index contributed by atoms with van der Waals surface area (Å²) >= 11 is 12.3. The van der Waals surface area contributed by atoms with Crippen LogP contribution in [0, 0.1) is 5.92 Å². The van der Waals surface area contributed by atoms with E-state index in [-0.39, 0.29) is 12.0 Å². The third-order valence-corrected chi connectivity index (χ3v) is 4.16. The van der Waals surface area contributed by atoms with Crippen LogP contribution in [-0.2, 0) is 6.42 Å². The molecule has 1 heterocycles. The molecule has 4 nitrogen and oxygen atoms in total. The van der Waals surface area contributed by atoms with Crippen molar-refractivity contribution >= 4 is 23.2 Å². The van der Waals surface area contributed by atoms with Crippen LogP contribution in [0.3, 0.4) is 0 Å². The highest BCUT2D eigenvalue weighted by atomic mass is 35.5. The lowest BCUT2D eigenvalue weighted by Gasteiger charge is -2.20. The van der Waals surface area contributed by atoms with E-state index >= 15 is 0 Å². The van der Waals surface area contributed by atoms with Gasteiger partial charge in [0.15, 0.2) is 5.82 Å². The third-order valence-electron chi connectivity index (χ3n) is 3.45. The molecule has 0 saturated heterocycles. The summed E-state index contributed by atoms with van der Waals surface area (Å²) in [4.78, 5) is 4.46. The van der Waals surface area contributed by atoms with E-state index in [0.717, 1.165) is 5.56 Å². The fraction of sp³-hybridized carbons (Fsp3) is 0.467. The Hall–Kier alpha value is -1.10. The molecule has 0 aliphatic heterocycles. The summed E-state index contributed by atoms with van der Waals surface area (Å²) in [6, 6.07) is 5.34. The summed E-state index contributed by atoms with van der Waals surface area (Å²) in [5.74, 6) is 1.49. The third kappa shape index (κ3) is 3.76. The molecule has 0 fully saturated rings. The van der Waals surface area contributed by atoms with E-state index in [4.69, 9.17) is 33.5 Å².